The molecule has 6 atom stereocenters. The fourth-order valence-corrected chi connectivity index (χ4v) is 10.1. The summed E-state index contributed by atoms with van der Waals surface area (Å²) in [7, 11) is 0. The molecule has 0 heterocycles. The predicted molar refractivity (Wildman–Crippen MR) is 136 cm³/mol. The van der Waals surface area contributed by atoms with Crippen molar-refractivity contribution in [1.29, 1.82) is 0 Å². The standard InChI is InChI=1S/C31H54/c1-8-31(9-2)19-11-14-28-25-15-16-26-24(23(5)13-10-12-22(3)4)17-20-29(26,6)27(25)18-21-30(28,31)7/h22-23,25,27-28H,8-21H2,1-7H3/t23-,25-,27+,28+,29+,30+/m1/s1. The monoisotopic (exact) mass is 426 g/mol. The van der Waals surface area contributed by atoms with Crippen LogP contribution in [0, 0.1) is 45.8 Å². The summed E-state index contributed by atoms with van der Waals surface area (Å²) in [5.41, 5.74) is 5.69. The van der Waals surface area contributed by atoms with E-state index >= 15 is 0 Å². The smallest absolute Gasteiger partial charge is 0.00796 e. The zero-order valence-electron chi connectivity index (χ0n) is 22.3. The lowest BCUT2D eigenvalue weighted by Gasteiger charge is -2.65. The van der Waals surface area contributed by atoms with E-state index in [1.165, 1.54) is 89.9 Å². The molecule has 0 radical (unpaired) electrons. The molecule has 0 aromatic rings. The van der Waals surface area contributed by atoms with Crippen molar-refractivity contribution in [3.63, 3.8) is 0 Å². The fourth-order valence-electron chi connectivity index (χ4n) is 10.1. The SMILES string of the molecule is CCC1(CC)CCC[C@H]2[C@@H]3CCC4=C([C@H](C)CCCC(C)C)CC[C@]4(C)[C@H]3CC[C@@]21C. The van der Waals surface area contributed by atoms with Crippen LogP contribution in [-0.2, 0) is 0 Å². The second-order valence-electron chi connectivity index (χ2n) is 13.4. The van der Waals surface area contributed by atoms with E-state index in [0.717, 1.165) is 29.6 Å². The van der Waals surface area contributed by atoms with Gasteiger partial charge < -0.3 is 0 Å². The molecule has 31 heavy (non-hydrogen) atoms. The maximum Gasteiger partial charge on any atom is -0.00796 e. The van der Waals surface area contributed by atoms with Gasteiger partial charge in [0.1, 0.15) is 0 Å². The summed E-state index contributed by atoms with van der Waals surface area (Å²) in [6, 6.07) is 0. The first-order valence-electron chi connectivity index (χ1n) is 14.4. The molecule has 0 amide bonds. The van der Waals surface area contributed by atoms with Crippen molar-refractivity contribution in [3.05, 3.63) is 11.1 Å². The van der Waals surface area contributed by atoms with E-state index in [1.54, 1.807) is 0 Å². The Balaban J connectivity index is 1.56. The number of rotatable bonds is 7. The fraction of sp³-hybridized carbons (Fsp3) is 0.935. The Morgan fingerprint density at radius 2 is 1.58 bits per heavy atom. The zero-order chi connectivity index (χ0) is 22.4. The molecule has 0 saturated heterocycles. The molecule has 0 aliphatic heterocycles. The van der Waals surface area contributed by atoms with E-state index in [4.69, 9.17) is 0 Å². The summed E-state index contributed by atoms with van der Waals surface area (Å²) in [6.45, 7) is 17.8. The maximum atomic E-state index is 2.75. The molecule has 3 fully saturated rings. The summed E-state index contributed by atoms with van der Waals surface area (Å²) in [4.78, 5) is 0. The third-order valence-corrected chi connectivity index (χ3v) is 12.1. The zero-order valence-corrected chi connectivity index (χ0v) is 22.3. The van der Waals surface area contributed by atoms with E-state index in [0.29, 0.717) is 16.2 Å². The molecule has 0 bridgehead atoms. The third kappa shape index (κ3) is 3.69. The van der Waals surface area contributed by atoms with Gasteiger partial charge in [-0.1, -0.05) is 78.9 Å². The van der Waals surface area contributed by atoms with Gasteiger partial charge in [0.15, 0.2) is 0 Å². The minimum Gasteiger partial charge on any atom is -0.0676 e. The van der Waals surface area contributed by atoms with Crippen molar-refractivity contribution in [2.24, 2.45) is 45.8 Å². The van der Waals surface area contributed by atoms with Gasteiger partial charge in [-0.25, -0.2) is 0 Å². The number of fused-ring (bicyclic) bond motifs is 5. The maximum absolute atomic E-state index is 2.75. The van der Waals surface area contributed by atoms with E-state index in [1.807, 2.05) is 11.1 Å². The van der Waals surface area contributed by atoms with Crippen molar-refractivity contribution in [1.82, 2.24) is 0 Å². The summed E-state index contributed by atoms with van der Waals surface area (Å²) in [6.07, 6.45) is 20.5. The van der Waals surface area contributed by atoms with E-state index in [-0.39, 0.29) is 0 Å². The first-order valence-corrected chi connectivity index (χ1v) is 14.4. The quantitative estimate of drug-likeness (QED) is 0.355. The molecule has 0 N–H and O–H groups in total. The molecule has 0 aromatic heterocycles. The Morgan fingerprint density at radius 3 is 2.26 bits per heavy atom. The molecule has 0 nitrogen and oxygen atoms in total. The molecule has 0 heteroatoms. The minimum absolute atomic E-state index is 0.546. The van der Waals surface area contributed by atoms with Crippen LogP contribution in [0.25, 0.3) is 0 Å². The van der Waals surface area contributed by atoms with E-state index < -0.39 is 0 Å². The second kappa shape index (κ2) is 8.83. The van der Waals surface area contributed by atoms with Crippen LogP contribution >= 0.6 is 0 Å². The van der Waals surface area contributed by atoms with Crippen molar-refractivity contribution in [2.75, 3.05) is 0 Å². The van der Waals surface area contributed by atoms with Gasteiger partial charge in [0.25, 0.3) is 0 Å². The molecule has 3 saturated carbocycles. The summed E-state index contributed by atoms with van der Waals surface area (Å²) >= 11 is 0. The van der Waals surface area contributed by atoms with Gasteiger partial charge in [-0.05, 0) is 116 Å². The normalized spacial score (nSPS) is 40.5. The van der Waals surface area contributed by atoms with Crippen LogP contribution in [0.2, 0.25) is 0 Å². The highest BCUT2D eigenvalue weighted by atomic mass is 14.7. The predicted octanol–water partition coefficient (Wildman–Crippen LogP) is 9.98. The van der Waals surface area contributed by atoms with Gasteiger partial charge in [0, 0.05) is 0 Å². The van der Waals surface area contributed by atoms with Crippen LogP contribution in [-0.4, -0.2) is 0 Å². The molecule has 178 valence electrons. The lowest BCUT2D eigenvalue weighted by molar-refractivity contribution is -0.146. The largest absolute Gasteiger partial charge is 0.0676 e. The highest BCUT2D eigenvalue weighted by Gasteiger charge is 2.61. The molecule has 0 aromatic carbocycles. The Bertz CT molecular complexity index is 664. The van der Waals surface area contributed by atoms with Crippen molar-refractivity contribution < 1.29 is 0 Å². The number of hydrogen-bond donors (Lipinski definition) is 0. The molecule has 4 rings (SSSR count). The first kappa shape index (κ1) is 23.9. The lowest BCUT2D eigenvalue weighted by atomic mass is 9.40. The number of hydrogen-bond acceptors (Lipinski definition) is 0. The Hall–Kier alpha value is -0.260. The molecule has 0 unspecified atom stereocenters. The topological polar surface area (TPSA) is 0 Å². The molecular formula is C31H54. The van der Waals surface area contributed by atoms with Gasteiger partial charge in [0.05, 0.1) is 0 Å². The summed E-state index contributed by atoms with van der Waals surface area (Å²) in [5.74, 6) is 4.70. The second-order valence-corrected chi connectivity index (χ2v) is 13.4. The van der Waals surface area contributed by atoms with Crippen molar-refractivity contribution in [3.8, 4) is 0 Å². The molecule has 4 aliphatic carbocycles. The van der Waals surface area contributed by atoms with Crippen LogP contribution in [0.4, 0.5) is 0 Å². The number of allylic oxidation sites excluding steroid dienone is 2. The van der Waals surface area contributed by atoms with Crippen molar-refractivity contribution >= 4 is 0 Å². The van der Waals surface area contributed by atoms with E-state index in [2.05, 4.69) is 48.5 Å². The minimum atomic E-state index is 0.546. The van der Waals surface area contributed by atoms with Gasteiger partial charge in [0.2, 0.25) is 0 Å². The average molecular weight is 427 g/mol. The summed E-state index contributed by atoms with van der Waals surface area (Å²) in [5, 5.41) is 0. The van der Waals surface area contributed by atoms with Gasteiger partial charge >= 0.3 is 0 Å². The van der Waals surface area contributed by atoms with Crippen LogP contribution in [0.5, 0.6) is 0 Å². The highest BCUT2D eigenvalue weighted by Crippen LogP contribution is 2.70. The van der Waals surface area contributed by atoms with Gasteiger partial charge in [-0.2, -0.15) is 0 Å². The molecule has 4 aliphatic rings. The third-order valence-electron chi connectivity index (χ3n) is 12.1. The van der Waals surface area contributed by atoms with Gasteiger partial charge in [-0.3, -0.25) is 0 Å². The Kier molecular flexibility index (Phi) is 6.80. The lowest BCUT2D eigenvalue weighted by Crippen LogP contribution is -2.57. The van der Waals surface area contributed by atoms with Crippen molar-refractivity contribution in [2.45, 2.75) is 138 Å². The molecular weight excluding hydrogens is 372 g/mol. The van der Waals surface area contributed by atoms with Gasteiger partial charge in [-0.15, -0.1) is 0 Å². The Morgan fingerprint density at radius 1 is 0.839 bits per heavy atom. The van der Waals surface area contributed by atoms with Crippen LogP contribution < -0.4 is 0 Å². The summed E-state index contributed by atoms with van der Waals surface area (Å²) < 4.78 is 0. The van der Waals surface area contributed by atoms with Crippen LogP contribution in [0.3, 0.4) is 0 Å². The first-order chi connectivity index (χ1) is 14.7. The Labute approximate surface area is 195 Å². The molecule has 0 spiro atoms. The van der Waals surface area contributed by atoms with Crippen LogP contribution in [0.1, 0.15) is 138 Å². The van der Waals surface area contributed by atoms with Crippen LogP contribution in [0.15, 0.2) is 11.1 Å². The highest BCUT2D eigenvalue weighted by molar-refractivity contribution is 5.33. The van der Waals surface area contributed by atoms with E-state index in [9.17, 15) is 0 Å². The average Bonchev–Trinajstić information content (AvgIpc) is 3.10.